The number of aryl methyl sites for hydroxylation is 2. The lowest BCUT2D eigenvalue weighted by molar-refractivity contribution is 0.0735. The molecular formula is C17H22N2O. The molecule has 0 spiro atoms. The molecule has 106 valence electrons. The van der Waals surface area contributed by atoms with Gasteiger partial charge in [-0.2, -0.15) is 0 Å². The summed E-state index contributed by atoms with van der Waals surface area (Å²) in [7, 11) is 1.94. The van der Waals surface area contributed by atoms with Crippen molar-refractivity contribution in [1.82, 2.24) is 9.88 Å². The Hall–Kier alpha value is -1.77. The van der Waals surface area contributed by atoms with E-state index in [9.17, 15) is 4.79 Å². The number of nitrogens with one attached hydrogen (secondary N) is 1. The van der Waals surface area contributed by atoms with Gasteiger partial charge in [0.05, 0.1) is 0 Å². The number of carbonyl (C=O) groups is 1. The van der Waals surface area contributed by atoms with Crippen LogP contribution in [0.1, 0.15) is 47.3 Å². The molecule has 1 amide bonds. The van der Waals surface area contributed by atoms with Gasteiger partial charge < -0.3 is 9.88 Å². The lowest BCUT2D eigenvalue weighted by Crippen LogP contribution is -2.35. The fourth-order valence-corrected chi connectivity index (χ4v) is 3.26. The first-order valence-corrected chi connectivity index (χ1v) is 7.44. The minimum atomic E-state index is 0.150. The van der Waals surface area contributed by atoms with Gasteiger partial charge in [-0.15, -0.1) is 0 Å². The Balaban J connectivity index is 1.92. The number of fused-ring (bicyclic) bond motifs is 1. The van der Waals surface area contributed by atoms with Crippen LogP contribution in [0.5, 0.6) is 0 Å². The van der Waals surface area contributed by atoms with E-state index < -0.39 is 0 Å². The third kappa shape index (κ3) is 2.11. The van der Waals surface area contributed by atoms with Crippen LogP contribution in [-0.4, -0.2) is 28.9 Å². The Labute approximate surface area is 120 Å². The average molecular weight is 270 g/mol. The van der Waals surface area contributed by atoms with E-state index in [1.54, 1.807) is 0 Å². The second kappa shape index (κ2) is 4.97. The van der Waals surface area contributed by atoms with Gasteiger partial charge >= 0.3 is 0 Å². The molecule has 1 heterocycles. The van der Waals surface area contributed by atoms with Gasteiger partial charge in [-0.25, -0.2) is 0 Å². The number of rotatable bonds is 2. The van der Waals surface area contributed by atoms with E-state index in [4.69, 9.17) is 0 Å². The van der Waals surface area contributed by atoms with Crippen LogP contribution in [-0.2, 0) is 0 Å². The van der Waals surface area contributed by atoms with E-state index in [-0.39, 0.29) is 5.91 Å². The van der Waals surface area contributed by atoms with Crippen molar-refractivity contribution in [3.8, 4) is 0 Å². The van der Waals surface area contributed by atoms with E-state index in [0.717, 1.165) is 29.3 Å². The number of amides is 1. The topological polar surface area (TPSA) is 36.1 Å². The van der Waals surface area contributed by atoms with Crippen molar-refractivity contribution in [3.63, 3.8) is 0 Å². The number of aromatic nitrogens is 1. The Morgan fingerprint density at radius 1 is 1.25 bits per heavy atom. The maximum atomic E-state index is 12.6. The van der Waals surface area contributed by atoms with Crippen LogP contribution in [0.15, 0.2) is 18.2 Å². The first kappa shape index (κ1) is 13.2. The van der Waals surface area contributed by atoms with Gasteiger partial charge in [0.2, 0.25) is 0 Å². The number of benzene rings is 1. The van der Waals surface area contributed by atoms with Gasteiger partial charge in [-0.3, -0.25) is 4.79 Å². The number of nitrogens with zero attached hydrogens (tertiary/aromatic N) is 1. The van der Waals surface area contributed by atoms with E-state index in [2.05, 4.69) is 18.8 Å². The number of hydrogen-bond acceptors (Lipinski definition) is 1. The molecule has 1 N–H and O–H groups in total. The molecule has 1 fully saturated rings. The summed E-state index contributed by atoms with van der Waals surface area (Å²) >= 11 is 0. The molecule has 20 heavy (non-hydrogen) atoms. The number of carbonyl (C=O) groups excluding carboxylic acids is 1. The zero-order valence-electron chi connectivity index (χ0n) is 12.5. The highest BCUT2D eigenvalue weighted by Gasteiger charge is 2.24. The standard InChI is InChI=1S/C17H22N2O/c1-11-12(2)18-16-9-8-13(10-15(11)16)17(20)19(3)14-6-4-5-7-14/h8-10,14,18H,4-7H2,1-3H3. The number of H-pyrrole nitrogens is 1. The molecule has 2 aromatic rings. The van der Waals surface area contributed by atoms with Crippen molar-refractivity contribution in [3.05, 3.63) is 35.0 Å². The van der Waals surface area contributed by atoms with Crippen molar-refractivity contribution in [2.24, 2.45) is 0 Å². The van der Waals surface area contributed by atoms with E-state index in [1.807, 2.05) is 30.1 Å². The summed E-state index contributed by atoms with van der Waals surface area (Å²) < 4.78 is 0. The summed E-state index contributed by atoms with van der Waals surface area (Å²) in [5.41, 5.74) is 4.32. The zero-order valence-corrected chi connectivity index (χ0v) is 12.5. The van der Waals surface area contributed by atoms with Gasteiger partial charge in [0.1, 0.15) is 0 Å². The third-order valence-electron chi connectivity index (χ3n) is 4.75. The molecule has 0 bridgehead atoms. The van der Waals surface area contributed by atoms with Gasteiger partial charge in [0.15, 0.2) is 0 Å². The maximum absolute atomic E-state index is 12.6. The minimum absolute atomic E-state index is 0.150. The maximum Gasteiger partial charge on any atom is 0.253 e. The summed E-state index contributed by atoms with van der Waals surface area (Å²) in [5.74, 6) is 0.150. The van der Waals surface area contributed by atoms with Crippen LogP contribution in [0.3, 0.4) is 0 Å². The smallest absolute Gasteiger partial charge is 0.253 e. The lowest BCUT2D eigenvalue weighted by atomic mass is 10.1. The lowest BCUT2D eigenvalue weighted by Gasteiger charge is -2.24. The monoisotopic (exact) mass is 270 g/mol. The molecule has 0 unspecified atom stereocenters. The highest BCUT2D eigenvalue weighted by atomic mass is 16.2. The highest BCUT2D eigenvalue weighted by Crippen LogP contribution is 2.26. The summed E-state index contributed by atoms with van der Waals surface area (Å²) in [6.07, 6.45) is 4.79. The van der Waals surface area contributed by atoms with Crippen molar-refractivity contribution in [2.45, 2.75) is 45.6 Å². The van der Waals surface area contributed by atoms with E-state index in [0.29, 0.717) is 6.04 Å². The molecule has 1 aromatic carbocycles. The molecule has 3 heteroatoms. The van der Waals surface area contributed by atoms with Gasteiger partial charge in [0, 0.05) is 35.2 Å². The van der Waals surface area contributed by atoms with Crippen LogP contribution < -0.4 is 0 Å². The Kier molecular flexibility index (Phi) is 3.28. The Morgan fingerprint density at radius 3 is 2.65 bits per heavy atom. The first-order valence-electron chi connectivity index (χ1n) is 7.44. The molecule has 1 aliphatic carbocycles. The van der Waals surface area contributed by atoms with Crippen molar-refractivity contribution >= 4 is 16.8 Å². The molecule has 0 saturated heterocycles. The van der Waals surface area contributed by atoms with Gasteiger partial charge in [-0.05, 0) is 50.5 Å². The van der Waals surface area contributed by atoms with Crippen LogP contribution in [0, 0.1) is 13.8 Å². The molecular weight excluding hydrogens is 248 g/mol. The largest absolute Gasteiger partial charge is 0.358 e. The second-order valence-electron chi connectivity index (χ2n) is 5.99. The highest BCUT2D eigenvalue weighted by molar-refractivity contribution is 5.99. The second-order valence-corrected chi connectivity index (χ2v) is 5.99. The fourth-order valence-electron chi connectivity index (χ4n) is 3.26. The zero-order chi connectivity index (χ0) is 14.3. The predicted molar refractivity (Wildman–Crippen MR) is 82.1 cm³/mol. The molecule has 3 nitrogen and oxygen atoms in total. The average Bonchev–Trinajstić information content (AvgIpc) is 3.07. The minimum Gasteiger partial charge on any atom is -0.358 e. The third-order valence-corrected chi connectivity index (χ3v) is 4.75. The predicted octanol–water partition coefficient (Wildman–Crippen LogP) is 3.80. The summed E-state index contributed by atoms with van der Waals surface area (Å²) in [5, 5.41) is 1.16. The van der Waals surface area contributed by atoms with Crippen molar-refractivity contribution < 1.29 is 4.79 Å². The molecule has 1 saturated carbocycles. The molecule has 0 atom stereocenters. The quantitative estimate of drug-likeness (QED) is 0.885. The van der Waals surface area contributed by atoms with Crippen LogP contribution in [0.4, 0.5) is 0 Å². The summed E-state index contributed by atoms with van der Waals surface area (Å²) in [6.45, 7) is 4.17. The summed E-state index contributed by atoms with van der Waals surface area (Å²) in [6, 6.07) is 6.41. The molecule has 1 aliphatic rings. The molecule has 0 aliphatic heterocycles. The van der Waals surface area contributed by atoms with Crippen molar-refractivity contribution in [2.75, 3.05) is 7.05 Å². The number of hydrogen-bond donors (Lipinski definition) is 1. The van der Waals surface area contributed by atoms with Crippen LogP contribution in [0.25, 0.3) is 10.9 Å². The molecule has 0 radical (unpaired) electrons. The fraction of sp³-hybridized carbons (Fsp3) is 0.471. The Morgan fingerprint density at radius 2 is 1.95 bits per heavy atom. The van der Waals surface area contributed by atoms with E-state index >= 15 is 0 Å². The molecule has 3 rings (SSSR count). The summed E-state index contributed by atoms with van der Waals surface area (Å²) in [4.78, 5) is 17.9. The van der Waals surface area contributed by atoms with Crippen LogP contribution in [0.2, 0.25) is 0 Å². The van der Waals surface area contributed by atoms with Crippen molar-refractivity contribution in [1.29, 1.82) is 0 Å². The SMILES string of the molecule is Cc1[nH]c2ccc(C(=O)N(C)C3CCCC3)cc2c1C. The van der Waals surface area contributed by atoms with Crippen LogP contribution >= 0.6 is 0 Å². The van der Waals surface area contributed by atoms with Gasteiger partial charge in [0.25, 0.3) is 5.91 Å². The normalized spacial score (nSPS) is 15.9. The molecule has 1 aromatic heterocycles. The first-order chi connectivity index (χ1) is 9.58. The Bertz CT molecular complexity index is 650. The van der Waals surface area contributed by atoms with E-state index in [1.165, 1.54) is 24.1 Å². The van der Waals surface area contributed by atoms with Gasteiger partial charge in [-0.1, -0.05) is 12.8 Å². The number of aromatic amines is 1.